The first-order chi connectivity index (χ1) is 22.7. The highest BCUT2D eigenvalue weighted by Crippen LogP contribution is 2.20. The number of amides is 2. The lowest BCUT2D eigenvalue weighted by Gasteiger charge is -2.18. The maximum atomic E-state index is 12.4. The van der Waals surface area contributed by atoms with Gasteiger partial charge in [0.25, 0.3) is 0 Å². The van der Waals surface area contributed by atoms with E-state index >= 15 is 0 Å². The Labute approximate surface area is 289 Å². The van der Waals surface area contributed by atoms with Crippen molar-refractivity contribution >= 4 is 6.03 Å². The summed E-state index contributed by atoms with van der Waals surface area (Å²) in [7, 11) is 1.68. The van der Waals surface area contributed by atoms with Gasteiger partial charge in [-0.15, -0.1) is 0 Å². The normalized spacial score (nSPS) is 11.5. The van der Waals surface area contributed by atoms with Gasteiger partial charge in [0, 0.05) is 26.8 Å². The molecule has 0 heterocycles. The standard InChI is InChI=1S/C41H84N2O3/c1-4-6-8-10-12-14-16-18-20-22-24-26-28-30-33-40(39-43-41(44)42-35-32-36-46-38-37-45-3)34-31-29-27-25-23-21-19-17-15-13-11-9-7-5-2/h40H,4-39H2,1-3H3,(H2,42,43,44). The van der Waals surface area contributed by atoms with Gasteiger partial charge in [-0.05, 0) is 25.2 Å². The molecule has 5 nitrogen and oxygen atoms in total. The Morgan fingerprint density at radius 3 is 1.20 bits per heavy atom. The molecule has 0 saturated carbocycles. The largest absolute Gasteiger partial charge is 0.382 e. The third-order valence-corrected chi connectivity index (χ3v) is 9.67. The van der Waals surface area contributed by atoms with E-state index in [1.165, 1.54) is 193 Å². The molecular weight excluding hydrogens is 568 g/mol. The molecule has 0 fully saturated rings. The fourth-order valence-corrected chi connectivity index (χ4v) is 6.52. The lowest BCUT2D eigenvalue weighted by atomic mass is 9.94. The minimum absolute atomic E-state index is 0.0242. The summed E-state index contributed by atoms with van der Waals surface area (Å²) in [4.78, 5) is 12.4. The van der Waals surface area contributed by atoms with Gasteiger partial charge in [-0.1, -0.05) is 194 Å². The van der Waals surface area contributed by atoms with Crippen molar-refractivity contribution in [2.24, 2.45) is 5.92 Å². The number of unbranched alkanes of at least 4 members (excludes halogenated alkanes) is 26. The number of carbonyl (C=O) groups is 1. The molecule has 0 rings (SSSR count). The second-order valence-corrected chi connectivity index (χ2v) is 14.2. The zero-order valence-corrected chi connectivity index (χ0v) is 31.8. The third kappa shape index (κ3) is 37.6. The van der Waals surface area contributed by atoms with Crippen LogP contribution in [0, 0.1) is 5.92 Å². The van der Waals surface area contributed by atoms with E-state index in [4.69, 9.17) is 9.47 Å². The predicted molar refractivity (Wildman–Crippen MR) is 202 cm³/mol. The van der Waals surface area contributed by atoms with Crippen LogP contribution < -0.4 is 10.6 Å². The zero-order chi connectivity index (χ0) is 33.4. The second-order valence-electron chi connectivity index (χ2n) is 14.2. The molecular formula is C41H84N2O3. The Balaban J connectivity index is 4.01. The quantitative estimate of drug-likeness (QED) is 0.0650. The SMILES string of the molecule is CCCCCCCCCCCCCCCCC(CCCCCCCCCCCCCCCC)CNC(=O)NCCCOCCOC. The molecule has 0 saturated heterocycles. The molecule has 0 aliphatic heterocycles. The lowest BCUT2D eigenvalue weighted by Crippen LogP contribution is -2.39. The van der Waals surface area contributed by atoms with Crippen LogP contribution in [0.1, 0.15) is 213 Å². The Morgan fingerprint density at radius 2 is 0.826 bits per heavy atom. The van der Waals surface area contributed by atoms with Crippen molar-refractivity contribution < 1.29 is 14.3 Å². The van der Waals surface area contributed by atoms with Crippen LogP contribution in [0.5, 0.6) is 0 Å². The molecule has 0 aromatic rings. The minimum Gasteiger partial charge on any atom is -0.382 e. The summed E-state index contributed by atoms with van der Waals surface area (Å²) in [6, 6.07) is -0.0242. The van der Waals surface area contributed by atoms with Crippen LogP contribution in [0.3, 0.4) is 0 Å². The molecule has 0 aromatic heterocycles. The van der Waals surface area contributed by atoms with Crippen molar-refractivity contribution in [1.82, 2.24) is 10.6 Å². The van der Waals surface area contributed by atoms with E-state index in [1.54, 1.807) is 7.11 Å². The highest BCUT2D eigenvalue weighted by molar-refractivity contribution is 5.73. The number of hydrogen-bond donors (Lipinski definition) is 2. The van der Waals surface area contributed by atoms with E-state index in [-0.39, 0.29) is 6.03 Å². The van der Waals surface area contributed by atoms with Gasteiger partial charge in [-0.2, -0.15) is 0 Å². The van der Waals surface area contributed by atoms with Crippen LogP contribution >= 0.6 is 0 Å². The summed E-state index contributed by atoms with van der Waals surface area (Å²) >= 11 is 0. The van der Waals surface area contributed by atoms with Gasteiger partial charge in [0.2, 0.25) is 0 Å². The Bertz CT molecular complexity index is 542. The molecule has 276 valence electrons. The highest BCUT2D eigenvalue weighted by Gasteiger charge is 2.11. The first-order valence-electron chi connectivity index (χ1n) is 20.8. The first-order valence-corrected chi connectivity index (χ1v) is 20.8. The van der Waals surface area contributed by atoms with Crippen molar-refractivity contribution in [1.29, 1.82) is 0 Å². The van der Waals surface area contributed by atoms with Crippen molar-refractivity contribution in [3.63, 3.8) is 0 Å². The molecule has 46 heavy (non-hydrogen) atoms. The molecule has 0 atom stereocenters. The minimum atomic E-state index is -0.0242. The second kappa shape index (κ2) is 40.4. The molecule has 0 aromatic carbocycles. The van der Waals surface area contributed by atoms with E-state index in [2.05, 4.69) is 24.5 Å². The van der Waals surface area contributed by atoms with Crippen molar-refractivity contribution in [3.8, 4) is 0 Å². The van der Waals surface area contributed by atoms with E-state index in [0.29, 0.717) is 32.3 Å². The van der Waals surface area contributed by atoms with Gasteiger partial charge in [-0.3, -0.25) is 0 Å². The van der Waals surface area contributed by atoms with Crippen LogP contribution in [-0.2, 0) is 9.47 Å². The van der Waals surface area contributed by atoms with Crippen LogP contribution in [0.2, 0.25) is 0 Å². The Morgan fingerprint density at radius 1 is 0.457 bits per heavy atom. The molecule has 0 aliphatic rings. The number of nitrogens with one attached hydrogen (secondary N) is 2. The summed E-state index contributed by atoms with van der Waals surface area (Å²) in [6.45, 7) is 7.95. The summed E-state index contributed by atoms with van der Waals surface area (Å²) in [5.74, 6) is 0.609. The number of hydrogen-bond acceptors (Lipinski definition) is 3. The average molecular weight is 653 g/mol. The van der Waals surface area contributed by atoms with Gasteiger partial charge in [0.1, 0.15) is 0 Å². The van der Waals surface area contributed by atoms with Crippen LogP contribution in [0.4, 0.5) is 4.79 Å². The number of carbonyl (C=O) groups excluding carboxylic acids is 1. The topological polar surface area (TPSA) is 59.6 Å². The average Bonchev–Trinajstić information content (AvgIpc) is 3.06. The maximum absolute atomic E-state index is 12.4. The molecule has 0 radical (unpaired) electrons. The molecule has 0 aliphatic carbocycles. The third-order valence-electron chi connectivity index (χ3n) is 9.67. The molecule has 0 bridgehead atoms. The summed E-state index contributed by atoms with van der Waals surface area (Å²) in [6.07, 6.45) is 42.7. The maximum Gasteiger partial charge on any atom is 0.314 e. The first kappa shape index (κ1) is 45.2. The highest BCUT2D eigenvalue weighted by atomic mass is 16.5. The number of rotatable bonds is 39. The van der Waals surface area contributed by atoms with E-state index in [0.717, 1.165) is 13.0 Å². The van der Waals surface area contributed by atoms with Gasteiger partial charge in [0.05, 0.1) is 13.2 Å². The van der Waals surface area contributed by atoms with Crippen LogP contribution in [0.25, 0.3) is 0 Å². The van der Waals surface area contributed by atoms with Gasteiger partial charge >= 0.3 is 6.03 Å². The van der Waals surface area contributed by atoms with Gasteiger partial charge < -0.3 is 20.1 Å². The fourth-order valence-electron chi connectivity index (χ4n) is 6.52. The van der Waals surface area contributed by atoms with E-state index < -0.39 is 0 Å². The smallest absolute Gasteiger partial charge is 0.314 e. The predicted octanol–water partition coefficient (Wildman–Crippen LogP) is 12.7. The number of methoxy groups -OCH3 is 1. The van der Waals surface area contributed by atoms with Gasteiger partial charge in [-0.25, -0.2) is 4.79 Å². The number of urea groups is 1. The summed E-state index contributed by atoms with van der Waals surface area (Å²) < 4.78 is 10.5. The van der Waals surface area contributed by atoms with Crippen LogP contribution in [-0.4, -0.2) is 46.1 Å². The Hall–Kier alpha value is -0.810. The zero-order valence-electron chi connectivity index (χ0n) is 31.8. The molecule has 5 heteroatoms. The molecule has 2 N–H and O–H groups in total. The molecule has 2 amide bonds. The molecule has 0 spiro atoms. The van der Waals surface area contributed by atoms with Crippen molar-refractivity contribution in [2.45, 2.75) is 213 Å². The number of ether oxygens (including phenoxy) is 2. The summed E-state index contributed by atoms with van der Waals surface area (Å²) in [5, 5.41) is 6.19. The molecule has 0 unspecified atom stereocenters. The summed E-state index contributed by atoms with van der Waals surface area (Å²) in [5.41, 5.74) is 0. The van der Waals surface area contributed by atoms with E-state index in [1.807, 2.05) is 0 Å². The van der Waals surface area contributed by atoms with E-state index in [9.17, 15) is 4.79 Å². The fraction of sp³-hybridized carbons (Fsp3) is 0.976. The van der Waals surface area contributed by atoms with Gasteiger partial charge in [0.15, 0.2) is 0 Å². The van der Waals surface area contributed by atoms with Crippen LogP contribution in [0.15, 0.2) is 0 Å². The van der Waals surface area contributed by atoms with Crippen molar-refractivity contribution in [2.75, 3.05) is 40.0 Å². The lowest BCUT2D eigenvalue weighted by molar-refractivity contribution is 0.0697. The van der Waals surface area contributed by atoms with Crippen molar-refractivity contribution in [3.05, 3.63) is 0 Å². The monoisotopic (exact) mass is 653 g/mol. The Kier molecular flexibility index (Phi) is 39.7.